The van der Waals surface area contributed by atoms with E-state index >= 15 is 0 Å². The zero-order chi connectivity index (χ0) is 14.5. The Morgan fingerprint density at radius 2 is 1.81 bits per heavy atom. The van der Waals surface area contributed by atoms with Crippen molar-refractivity contribution in [1.29, 1.82) is 0 Å². The number of nitrogens with zero attached hydrogens (tertiary/aromatic N) is 1. The van der Waals surface area contributed by atoms with Crippen molar-refractivity contribution < 1.29 is 0 Å². The fourth-order valence-electron chi connectivity index (χ4n) is 3.12. The van der Waals surface area contributed by atoms with Gasteiger partial charge in [-0.3, -0.25) is 0 Å². The van der Waals surface area contributed by atoms with Crippen LogP contribution in [0.25, 0.3) is 0 Å². The number of rotatable bonds is 5. The first kappa shape index (κ1) is 14.0. The van der Waals surface area contributed by atoms with Gasteiger partial charge in [-0.2, -0.15) is 0 Å². The van der Waals surface area contributed by atoms with Gasteiger partial charge in [-0.25, -0.2) is 0 Å². The van der Waals surface area contributed by atoms with Gasteiger partial charge >= 0.3 is 0 Å². The number of hydrogen-bond donors (Lipinski definition) is 1. The molecule has 3 rings (SSSR count). The van der Waals surface area contributed by atoms with E-state index in [0.717, 1.165) is 19.5 Å². The Morgan fingerprint density at radius 3 is 2.62 bits per heavy atom. The highest BCUT2D eigenvalue weighted by Gasteiger charge is 2.23. The molecular weight excluding hydrogens is 256 g/mol. The summed E-state index contributed by atoms with van der Waals surface area (Å²) in [7, 11) is 0. The Kier molecular flexibility index (Phi) is 4.44. The molecule has 0 radical (unpaired) electrons. The Hall–Kier alpha value is -1.96. The van der Waals surface area contributed by atoms with E-state index in [1.165, 1.54) is 29.8 Å². The van der Waals surface area contributed by atoms with Crippen molar-refractivity contribution in [3.05, 3.63) is 60.2 Å². The fraction of sp³-hybridized carbons (Fsp3) is 0.368. The van der Waals surface area contributed by atoms with E-state index in [2.05, 4.69) is 71.7 Å². The maximum atomic E-state index is 3.60. The van der Waals surface area contributed by atoms with Crippen molar-refractivity contribution in [2.24, 2.45) is 0 Å². The van der Waals surface area contributed by atoms with Gasteiger partial charge < -0.3 is 10.2 Å². The van der Waals surface area contributed by atoms with Gasteiger partial charge in [-0.15, -0.1) is 0 Å². The third-order valence-corrected chi connectivity index (χ3v) is 4.28. The van der Waals surface area contributed by atoms with Crippen molar-refractivity contribution in [3.63, 3.8) is 0 Å². The SMILES string of the molecule is CCCCN(c1ccccc1)C1CNc2ccccc2C1. The minimum atomic E-state index is 0.536. The van der Waals surface area contributed by atoms with Crippen molar-refractivity contribution >= 4 is 11.4 Å². The lowest BCUT2D eigenvalue weighted by molar-refractivity contribution is 0.578. The molecule has 1 heterocycles. The molecule has 2 heteroatoms. The van der Waals surface area contributed by atoms with Crippen LogP contribution in [0.15, 0.2) is 54.6 Å². The number of anilines is 2. The minimum absolute atomic E-state index is 0.536. The van der Waals surface area contributed by atoms with E-state index in [1.807, 2.05) is 0 Å². The number of fused-ring (bicyclic) bond motifs is 1. The van der Waals surface area contributed by atoms with Gasteiger partial charge in [0.05, 0.1) is 6.04 Å². The van der Waals surface area contributed by atoms with Crippen LogP contribution in [0.4, 0.5) is 11.4 Å². The largest absolute Gasteiger partial charge is 0.383 e. The van der Waals surface area contributed by atoms with Crippen molar-refractivity contribution in [1.82, 2.24) is 0 Å². The molecule has 2 aromatic rings. The van der Waals surface area contributed by atoms with Gasteiger partial charge in [0.25, 0.3) is 0 Å². The summed E-state index contributed by atoms with van der Waals surface area (Å²) in [6.07, 6.45) is 3.61. The van der Waals surface area contributed by atoms with Gasteiger partial charge in [0, 0.05) is 24.5 Å². The van der Waals surface area contributed by atoms with E-state index in [9.17, 15) is 0 Å². The molecule has 110 valence electrons. The van der Waals surface area contributed by atoms with E-state index in [0.29, 0.717) is 6.04 Å². The van der Waals surface area contributed by atoms with Crippen LogP contribution in [0.5, 0.6) is 0 Å². The molecule has 0 saturated heterocycles. The second-order valence-corrected chi connectivity index (χ2v) is 5.78. The topological polar surface area (TPSA) is 15.3 Å². The minimum Gasteiger partial charge on any atom is -0.383 e. The van der Waals surface area contributed by atoms with Gasteiger partial charge in [-0.1, -0.05) is 49.7 Å². The molecule has 1 N–H and O–H groups in total. The second-order valence-electron chi connectivity index (χ2n) is 5.78. The highest BCUT2D eigenvalue weighted by atomic mass is 15.2. The normalized spacial score (nSPS) is 16.9. The predicted molar refractivity (Wildman–Crippen MR) is 91.1 cm³/mol. The summed E-state index contributed by atoms with van der Waals surface area (Å²) in [5, 5.41) is 3.60. The van der Waals surface area contributed by atoms with E-state index in [-0.39, 0.29) is 0 Å². The molecule has 1 aliphatic rings. The van der Waals surface area contributed by atoms with E-state index in [4.69, 9.17) is 0 Å². The first-order chi connectivity index (χ1) is 10.4. The van der Waals surface area contributed by atoms with Gasteiger partial charge in [0.15, 0.2) is 0 Å². The number of unbranched alkanes of at least 4 members (excludes halogenated alkanes) is 1. The maximum Gasteiger partial charge on any atom is 0.0503 e. The highest BCUT2D eigenvalue weighted by molar-refractivity contribution is 5.56. The summed E-state index contributed by atoms with van der Waals surface area (Å²) >= 11 is 0. The molecule has 0 bridgehead atoms. The first-order valence-corrected chi connectivity index (χ1v) is 8.02. The first-order valence-electron chi connectivity index (χ1n) is 8.02. The summed E-state index contributed by atoms with van der Waals surface area (Å²) in [5.41, 5.74) is 4.08. The maximum absolute atomic E-state index is 3.60. The number of para-hydroxylation sites is 2. The summed E-state index contributed by atoms with van der Waals surface area (Å²) < 4.78 is 0. The van der Waals surface area contributed by atoms with Crippen LogP contribution < -0.4 is 10.2 Å². The van der Waals surface area contributed by atoms with Crippen LogP contribution in [-0.4, -0.2) is 19.1 Å². The summed E-state index contributed by atoms with van der Waals surface area (Å²) in [6, 6.07) is 20.1. The lowest BCUT2D eigenvalue weighted by atomic mass is 9.97. The average molecular weight is 280 g/mol. The van der Waals surface area contributed by atoms with Crippen molar-refractivity contribution in [2.75, 3.05) is 23.3 Å². The number of nitrogens with one attached hydrogen (secondary N) is 1. The fourth-order valence-corrected chi connectivity index (χ4v) is 3.12. The Morgan fingerprint density at radius 1 is 1.05 bits per heavy atom. The van der Waals surface area contributed by atoms with Crippen molar-refractivity contribution in [3.8, 4) is 0 Å². The summed E-state index contributed by atoms with van der Waals surface area (Å²) in [6.45, 7) is 4.42. The number of benzene rings is 2. The Balaban J connectivity index is 1.81. The molecule has 0 aliphatic carbocycles. The van der Waals surface area contributed by atoms with Gasteiger partial charge in [0.1, 0.15) is 0 Å². The summed E-state index contributed by atoms with van der Waals surface area (Å²) in [4.78, 5) is 2.58. The van der Waals surface area contributed by atoms with E-state index < -0.39 is 0 Å². The monoisotopic (exact) mass is 280 g/mol. The molecule has 0 fully saturated rings. The smallest absolute Gasteiger partial charge is 0.0503 e. The predicted octanol–water partition coefficient (Wildman–Crippen LogP) is 4.33. The van der Waals surface area contributed by atoms with Gasteiger partial charge in [-0.05, 0) is 36.6 Å². The third kappa shape index (κ3) is 3.21. The zero-order valence-electron chi connectivity index (χ0n) is 12.8. The summed E-state index contributed by atoms with van der Waals surface area (Å²) in [5.74, 6) is 0. The Labute approximate surface area is 127 Å². The molecule has 0 saturated carbocycles. The standard InChI is InChI=1S/C19H24N2/c1-2-3-13-21(17-10-5-4-6-11-17)18-14-16-9-7-8-12-19(16)20-15-18/h4-12,18,20H,2-3,13-15H2,1H3. The molecule has 1 unspecified atom stereocenters. The van der Waals surface area contributed by atoms with Crippen LogP contribution in [0.3, 0.4) is 0 Å². The van der Waals surface area contributed by atoms with Crippen LogP contribution >= 0.6 is 0 Å². The molecule has 0 amide bonds. The third-order valence-electron chi connectivity index (χ3n) is 4.28. The quantitative estimate of drug-likeness (QED) is 0.877. The van der Waals surface area contributed by atoms with Crippen molar-refractivity contribution in [2.45, 2.75) is 32.2 Å². The molecule has 21 heavy (non-hydrogen) atoms. The molecule has 0 aromatic heterocycles. The zero-order valence-corrected chi connectivity index (χ0v) is 12.8. The second kappa shape index (κ2) is 6.66. The molecule has 1 aliphatic heterocycles. The Bertz CT molecular complexity index is 565. The lowest BCUT2D eigenvalue weighted by Gasteiger charge is -2.37. The van der Waals surface area contributed by atoms with Crippen LogP contribution in [0.1, 0.15) is 25.3 Å². The van der Waals surface area contributed by atoms with Crippen LogP contribution in [0.2, 0.25) is 0 Å². The molecule has 2 aromatic carbocycles. The molecule has 0 spiro atoms. The van der Waals surface area contributed by atoms with Crippen LogP contribution in [0, 0.1) is 0 Å². The van der Waals surface area contributed by atoms with E-state index in [1.54, 1.807) is 0 Å². The average Bonchev–Trinajstić information content (AvgIpc) is 2.56. The van der Waals surface area contributed by atoms with Crippen LogP contribution in [-0.2, 0) is 6.42 Å². The molecule has 1 atom stereocenters. The lowest BCUT2D eigenvalue weighted by Crippen LogP contribution is -2.44. The highest BCUT2D eigenvalue weighted by Crippen LogP contribution is 2.27. The number of hydrogen-bond acceptors (Lipinski definition) is 2. The molecular formula is C19H24N2. The van der Waals surface area contributed by atoms with Gasteiger partial charge in [0.2, 0.25) is 0 Å². The molecule has 2 nitrogen and oxygen atoms in total.